The van der Waals surface area contributed by atoms with Gasteiger partial charge in [0.25, 0.3) is 0 Å². The molecule has 0 bridgehead atoms. The lowest BCUT2D eigenvalue weighted by atomic mass is 9.49. The summed E-state index contributed by atoms with van der Waals surface area (Å²) in [7, 11) is 2.19. The van der Waals surface area contributed by atoms with Crippen LogP contribution in [-0.4, -0.2) is 34.2 Å². The minimum absolute atomic E-state index is 0.155. The van der Waals surface area contributed by atoms with Crippen LogP contribution in [0.3, 0.4) is 0 Å². The lowest BCUT2D eigenvalue weighted by Gasteiger charge is -2.60. The summed E-state index contributed by atoms with van der Waals surface area (Å²) in [5.41, 5.74) is 4.11. The number of nitrogens with zero attached hydrogens (tertiary/aromatic N) is 3. The minimum Gasteiger partial charge on any atom is -0.377 e. The predicted octanol–water partition coefficient (Wildman–Crippen LogP) is 4.11. The van der Waals surface area contributed by atoms with Crippen LogP contribution >= 0.6 is 0 Å². The SMILES string of the molecule is CN1C[C@@H]2[C@H](CC[C@]3(C)C(c4cnccn4)=CC[C@@H]23)[C@@]2(C)CCC(=O)C=C12. The lowest BCUT2D eigenvalue weighted by molar-refractivity contribution is -0.118. The van der Waals surface area contributed by atoms with Crippen molar-refractivity contribution in [1.29, 1.82) is 0 Å². The second kappa shape index (κ2) is 5.76. The van der Waals surface area contributed by atoms with E-state index >= 15 is 0 Å². The molecule has 0 spiro atoms. The summed E-state index contributed by atoms with van der Waals surface area (Å²) >= 11 is 0. The summed E-state index contributed by atoms with van der Waals surface area (Å²) in [6.45, 7) is 5.95. The zero-order chi connectivity index (χ0) is 18.8. The Balaban J connectivity index is 1.51. The van der Waals surface area contributed by atoms with Crippen molar-refractivity contribution in [3.63, 3.8) is 0 Å². The van der Waals surface area contributed by atoms with Crippen molar-refractivity contribution in [2.24, 2.45) is 28.6 Å². The molecule has 142 valence electrons. The summed E-state index contributed by atoms with van der Waals surface area (Å²) in [6, 6.07) is 0. The number of piperidine rings is 1. The van der Waals surface area contributed by atoms with Crippen LogP contribution in [0.5, 0.6) is 0 Å². The number of hydrogen-bond donors (Lipinski definition) is 0. The van der Waals surface area contributed by atoms with Crippen molar-refractivity contribution < 1.29 is 4.79 Å². The molecule has 1 saturated carbocycles. The van der Waals surface area contributed by atoms with E-state index < -0.39 is 0 Å². The number of carbonyl (C=O) groups is 1. The highest BCUT2D eigenvalue weighted by Crippen LogP contribution is 2.65. The van der Waals surface area contributed by atoms with E-state index in [0.29, 0.717) is 30.0 Å². The number of likely N-dealkylation sites (tertiary alicyclic amines) is 1. The first kappa shape index (κ1) is 17.2. The van der Waals surface area contributed by atoms with Gasteiger partial charge >= 0.3 is 0 Å². The second-order valence-corrected chi connectivity index (χ2v) is 9.57. The van der Waals surface area contributed by atoms with E-state index in [4.69, 9.17) is 0 Å². The molecule has 5 rings (SSSR count). The predicted molar refractivity (Wildman–Crippen MR) is 105 cm³/mol. The maximum Gasteiger partial charge on any atom is 0.157 e. The Kier molecular flexibility index (Phi) is 3.66. The van der Waals surface area contributed by atoms with Crippen molar-refractivity contribution >= 4 is 11.4 Å². The van der Waals surface area contributed by atoms with Crippen molar-refractivity contribution in [3.05, 3.63) is 42.1 Å². The Morgan fingerprint density at radius 2 is 2.00 bits per heavy atom. The van der Waals surface area contributed by atoms with Crippen LogP contribution in [0.25, 0.3) is 5.57 Å². The second-order valence-electron chi connectivity index (χ2n) is 9.57. The number of allylic oxidation sites excluding steroid dienone is 4. The maximum absolute atomic E-state index is 12.1. The molecule has 4 aliphatic rings. The molecule has 2 fully saturated rings. The van der Waals surface area contributed by atoms with Crippen LogP contribution in [0.2, 0.25) is 0 Å². The summed E-state index contributed by atoms with van der Waals surface area (Å²) in [5, 5.41) is 0. The maximum atomic E-state index is 12.1. The third-order valence-corrected chi connectivity index (χ3v) is 8.34. The summed E-state index contributed by atoms with van der Waals surface area (Å²) < 4.78 is 0. The molecule has 0 aromatic carbocycles. The van der Waals surface area contributed by atoms with E-state index in [9.17, 15) is 4.79 Å². The van der Waals surface area contributed by atoms with Gasteiger partial charge in [-0.05, 0) is 54.4 Å². The quantitative estimate of drug-likeness (QED) is 0.753. The molecule has 5 atom stereocenters. The average Bonchev–Trinajstić information content (AvgIpc) is 3.01. The fourth-order valence-electron chi connectivity index (χ4n) is 6.97. The number of ketones is 1. The van der Waals surface area contributed by atoms with Crippen LogP contribution in [0.4, 0.5) is 0 Å². The number of carbonyl (C=O) groups excluding carboxylic acids is 1. The van der Waals surface area contributed by atoms with Crippen LogP contribution in [0.1, 0.15) is 51.6 Å². The molecular weight excluding hydrogens is 334 g/mol. The standard InChI is InChI=1S/C23H29N3O/c1-22-9-7-18-16(14-26(3)21-12-15(27)6-8-23(18,21)2)17(22)4-5-19(22)20-13-24-10-11-25-20/h5,10-13,16-18H,4,6-9,14H2,1-3H3/t16-,17-,18-,22-,23+/m0/s1. The largest absolute Gasteiger partial charge is 0.377 e. The van der Waals surface area contributed by atoms with Crippen molar-refractivity contribution in [2.75, 3.05) is 13.6 Å². The number of fused-ring (bicyclic) bond motifs is 5. The van der Waals surface area contributed by atoms with Gasteiger partial charge in [-0.2, -0.15) is 0 Å². The first-order chi connectivity index (χ1) is 12.9. The molecule has 1 aliphatic heterocycles. The number of hydrogen-bond acceptors (Lipinski definition) is 4. The van der Waals surface area contributed by atoms with Crippen LogP contribution < -0.4 is 0 Å². The van der Waals surface area contributed by atoms with Gasteiger partial charge in [-0.15, -0.1) is 0 Å². The van der Waals surface area contributed by atoms with Gasteiger partial charge in [0.05, 0.1) is 11.9 Å². The van der Waals surface area contributed by atoms with Gasteiger partial charge in [0.15, 0.2) is 5.78 Å². The van der Waals surface area contributed by atoms with E-state index in [2.05, 4.69) is 41.8 Å². The zero-order valence-electron chi connectivity index (χ0n) is 16.6. The van der Waals surface area contributed by atoms with E-state index in [1.165, 1.54) is 24.1 Å². The molecule has 4 heteroatoms. The molecule has 4 nitrogen and oxygen atoms in total. The third kappa shape index (κ3) is 2.31. The van der Waals surface area contributed by atoms with E-state index in [1.54, 1.807) is 6.20 Å². The Morgan fingerprint density at radius 1 is 1.15 bits per heavy atom. The first-order valence-electron chi connectivity index (χ1n) is 10.4. The summed E-state index contributed by atoms with van der Waals surface area (Å²) in [6.07, 6.45) is 15.2. The highest BCUT2D eigenvalue weighted by Gasteiger charge is 2.58. The fraction of sp³-hybridized carbons (Fsp3) is 0.609. The van der Waals surface area contributed by atoms with E-state index in [0.717, 1.165) is 25.1 Å². The van der Waals surface area contributed by atoms with Gasteiger partial charge in [-0.1, -0.05) is 19.9 Å². The third-order valence-electron chi connectivity index (χ3n) is 8.34. The molecule has 2 heterocycles. The Bertz CT molecular complexity index is 844. The van der Waals surface area contributed by atoms with Gasteiger partial charge in [0.2, 0.25) is 0 Å². The van der Waals surface area contributed by atoms with Crippen molar-refractivity contribution in [3.8, 4) is 0 Å². The zero-order valence-corrected chi connectivity index (χ0v) is 16.6. The van der Waals surface area contributed by atoms with E-state index in [1.807, 2.05) is 18.5 Å². The van der Waals surface area contributed by atoms with Gasteiger partial charge in [-0.25, -0.2) is 0 Å². The Morgan fingerprint density at radius 3 is 2.78 bits per heavy atom. The average molecular weight is 364 g/mol. The minimum atomic E-state index is 0.155. The Labute approximate surface area is 161 Å². The van der Waals surface area contributed by atoms with Gasteiger partial charge in [0.1, 0.15) is 0 Å². The van der Waals surface area contributed by atoms with Gasteiger partial charge in [0, 0.05) is 49.6 Å². The molecule has 0 N–H and O–H groups in total. The van der Waals surface area contributed by atoms with Gasteiger partial charge in [-0.3, -0.25) is 14.8 Å². The molecular formula is C23H29N3O. The fourth-order valence-corrected chi connectivity index (χ4v) is 6.97. The Hall–Kier alpha value is -1.97. The smallest absolute Gasteiger partial charge is 0.157 e. The molecule has 27 heavy (non-hydrogen) atoms. The van der Waals surface area contributed by atoms with Crippen LogP contribution in [-0.2, 0) is 4.79 Å². The summed E-state index contributed by atoms with van der Waals surface area (Å²) in [5.74, 6) is 2.32. The van der Waals surface area contributed by atoms with Crippen molar-refractivity contribution in [2.45, 2.75) is 46.0 Å². The number of aromatic nitrogens is 2. The number of rotatable bonds is 1. The highest BCUT2D eigenvalue weighted by atomic mass is 16.1. The molecule has 1 aromatic heterocycles. The molecule has 0 unspecified atom stereocenters. The molecule has 1 aromatic rings. The van der Waals surface area contributed by atoms with Crippen LogP contribution in [0, 0.1) is 28.6 Å². The van der Waals surface area contributed by atoms with E-state index in [-0.39, 0.29) is 10.8 Å². The van der Waals surface area contributed by atoms with Crippen LogP contribution in [0.15, 0.2) is 36.4 Å². The molecule has 3 aliphatic carbocycles. The normalized spacial score (nSPS) is 40.6. The van der Waals surface area contributed by atoms with Crippen molar-refractivity contribution in [1.82, 2.24) is 14.9 Å². The highest BCUT2D eigenvalue weighted by molar-refractivity contribution is 5.91. The molecule has 1 saturated heterocycles. The summed E-state index contributed by atoms with van der Waals surface area (Å²) in [4.78, 5) is 23.4. The molecule has 0 amide bonds. The first-order valence-corrected chi connectivity index (χ1v) is 10.4. The lowest BCUT2D eigenvalue weighted by Crippen LogP contribution is -2.56. The van der Waals surface area contributed by atoms with Gasteiger partial charge < -0.3 is 4.90 Å². The monoisotopic (exact) mass is 363 g/mol. The topological polar surface area (TPSA) is 46.1 Å². The molecule has 0 radical (unpaired) electrons.